The highest BCUT2D eigenvalue weighted by Gasteiger charge is 2.33. The van der Waals surface area contributed by atoms with Gasteiger partial charge in [-0.3, -0.25) is 14.4 Å². The van der Waals surface area contributed by atoms with E-state index in [1.54, 1.807) is 24.3 Å². The van der Waals surface area contributed by atoms with Crippen LogP contribution in [0.2, 0.25) is 5.02 Å². The van der Waals surface area contributed by atoms with Crippen molar-refractivity contribution in [3.8, 4) is 5.75 Å². The standard InChI is InChI=1S/C24H24ClF3N2O5/c25-20-10-5-16(13-19(20)24(26,27)28)22(32)30-12-11-29-21(31)14-1-6-17(7-2-14)35-18-8-3-15(4-9-18)23(33)34/h1-2,5-7,10,13,15,18H,3-4,8-9,11-12H2,(H,29,31)(H,30,32)(H,33,34). The van der Waals surface area contributed by atoms with Crippen LogP contribution in [0.5, 0.6) is 5.75 Å². The normalized spacial score (nSPS) is 17.9. The third-order valence-corrected chi connectivity index (χ3v) is 6.00. The lowest BCUT2D eigenvalue weighted by atomic mass is 9.87. The van der Waals surface area contributed by atoms with E-state index < -0.39 is 34.5 Å². The zero-order valence-corrected chi connectivity index (χ0v) is 19.3. The Labute approximate surface area is 204 Å². The van der Waals surface area contributed by atoms with Gasteiger partial charge in [0.05, 0.1) is 22.6 Å². The number of carbonyl (C=O) groups excluding carboxylic acids is 2. The smallest absolute Gasteiger partial charge is 0.417 e. The van der Waals surface area contributed by atoms with E-state index in [2.05, 4.69) is 10.6 Å². The van der Waals surface area contributed by atoms with Crippen LogP contribution in [0.1, 0.15) is 52.0 Å². The average Bonchev–Trinajstić information content (AvgIpc) is 2.82. The van der Waals surface area contributed by atoms with Crippen LogP contribution in [-0.4, -0.2) is 42.1 Å². The number of aliphatic carboxylic acids is 1. The Morgan fingerprint density at radius 1 is 0.914 bits per heavy atom. The number of ether oxygens (including phenoxy) is 1. The van der Waals surface area contributed by atoms with E-state index in [0.29, 0.717) is 43.1 Å². The van der Waals surface area contributed by atoms with Crippen molar-refractivity contribution in [2.45, 2.75) is 38.0 Å². The van der Waals surface area contributed by atoms with Crippen LogP contribution in [0.4, 0.5) is 13.2 Å². The topological polar surface area (TPSA) is 105 Å². The van der Waals surface area contributed by atoms with Gasteiger partial charge in [-0.25, -0.2) is 0 Å². The molecule has 1 aliphatic carbocycles. The zero-order chi connectivity index (χ0) is 25.6. The Morgan fingerprint density at radius 2 is 1.46 bits per heavy atom. The first-order valence-corrected chi connectivity index (χ1v) is 11.3. The maximum Gasteiger partial charge on any atom is 0.417 e. The van der Waals surface area contributed by atoms with Gasteiger partial charge in [0.2, 0.25) is 0 Å². The molecule has 1 saturated carbocycles. The molecule has 0 atom stereocenters. The van der Waals surface area contributed by atoms with E-state index in [9.17, 15) is 27.6 Å². The molecule has 188 valence electrons. The third-order valence-electron chi connectivity index (χ3n) is 5.67. The molecule has 0 radical (unpaired) electrons. The second kappa shape index (κ2) is 11.4. The number of benzene rings is 2. The average molecular weight is 513 g/mol. The first-order chi connectivity index (χ1) is 16.5. The van der Waals surface area contributed by atoms with Crippen LogP contribution in [0, 0.1) is 5.92 Å². The molecule has 2 aromatic carbocycles. The van der Waals surface area contributed by atoms with Crippen molar-refractivity contribution in [2.75, 3.05) is 13.1 Å². The molecule has 2 amide bonds. The molecule has 1 aliphatic rings. The first-order valence-electron chi connectivity index (χ1n) is 11.0. The monoisotopic (exact) mass is 512 g/mol. The Kier molecular flexibility index (Phi) is 8.61. The van der Waals surface area contributed by atoms with Crippen LogP contribution in [0.3, 0.4) is 0 Å². The molecule has 0 heterocycles. The van der Waals surface area contributed by atoms with Crippen molar-refractivity contribution in [1.82, 2.24) is 10.6 Å². The van der Waals surface area contributed by atoms with Crippen molar-refractivity contribution in [1.29, 1.82) is 0 Å². The SMILES string of the molecule is O=C(NCCNC(=O)c1ccc(Cl)c(C(F)(F)F)c1)c1ccc(OC2CCC(C(=O)O)CC2)cc1. The van der Waals surface area contributed by atoms with Gasteiger partial charge in [0.15, 0.2) is 0 Å². The maximum atomic E-state index is 12.9. The molecule has 0 aliphatic heterocycles. The van der Waals surface area contributed by atoms with E-state index in [-0.39, 0.29) is 30.7 Å². The van der Waals surface area contributed by atoms with E-state index in [4.69, 9.17) is 21.4 Å². The van der Waals surface area contributed by atoms with Crippen LogP contribution in [0.15, 0.2) is 42.5 Å². The number of rotatable bonds is 8. The van der Waals surface area contributed by atoms with Crippen molar-refractivity contribution in [3.05, 3.63) is 64.2 Å². The fourth-order valence-corrected chi connectivity index (χ4v) is 3.97. The summed E-state index contributed by atoms with van der Waals surface area (Å²) in [4.78, 5) is 35.4. The summed E-state index contributed by atoms with van der Waals surface area (Å²) in [5.74, 6) is -1.64. The summed E-state index contributed by atoms with van der Waals surface area (Å²) < 4.78 is 44.7. The molecule has 3 N–H and O–H groups in total. The van der Waals surface area contributed by atoms with E-state index in [1.807, 2.05) is 0 Å². The number of carbonyl (C=O) groups is 3. The van der Waals surface area contributed by atoms with Gasteiger partial charge in [-0.2, -0.15) is 13.2 Å². The van der Waals surface area contributed by atoms with Gasteiger partial charge in [0.25, 0.3) is 11.8 Å². The molecule has 0 aromatic heterocycles. The number of nitrogens with one attached hydrogen (secondary N) is 2. The van der Waals surface area contributed by atoms with Crippen molar-refractivity contribution in [3.63, 3.8) is 0 Å². The van der Waals surface area contributed by atoms with Crippen LogP contribution < -0.4 is 15.4 Å². The Morgan fingerprint density at radius 3 is 2.00 bits per heavy atom. The van der Waals surface area contributed by atoms with Crippen molar-refractivity contribution >= 4 is 29.4 Å². The highest BCUT2D eigenvalue weighted by atomic mass is 35.5. The Hall–Kier alpha value is -3.27. The van der Waals surface area contributed by atoms with Gasteiger partial charge in [0.1, 0.15) is 5.75 Å². The molecule has 11 heteroatoms. The van der Waals surface area contributed by atoms with Gasteiger partial charge in [-0.05, 0) is 68.1 Å². The number of amides is 2. The van der Waals surface area contributed by atoms with Gasteiger partial charge < -0.3 is 20.5 Å². The first kappa shape index (κ1) is 26.3. The largest absolute Gasteiger partial charge is 0.490 e. The van der Waals surface area contributed by atoms with Crippen LogP contribution in [-0.2, 0) is 11.0 Å². The molecule has 2 aromatic rings. The highest BCUT2D eigenvalue weighted by Crippen LogP contribution is 2.35. The fraction of sp³-hybridized carbons (Fsp3) is 0.375. The summed E-state index contributed by atoms with van der Waals surface area (Å²) >= 11 is 5.55. The van der Waals surface area contributed by atoms with E-state index in [0.717, 1.165) is 6.07 Å². The molecule has 0 bridgehead atoms. The second-order valence-electron chi connectivity index (χ2n) is 8.16. The lowest BCUT2D eigenvalue weighted by Crippen LogP contribution is -2.34. The minimum atomic E-state index is -4.68. The maximum absolute atomic E-state index is 12.9. The molecule has 7 nitrogen and oxygen atoms in total. The minimum absolute atomic E-state index is 0.00869. The summed E-state index contributed by atoms with van der Waals surface area (Å²) in [5, 5.41) is 13.6. The molecule has 1 fully saturated rings. The molecular weight excluding hydrogens is 489 g/mol. The number of carboxylic acids is 1. The molecule has 3 rings (SSSR count). The third kappa shape index (κ3) is 7.35. The predicted octanol–water partition coefficient (Wildman–Crippen LogP) is 4.54. The van der Waals surface area contributed by atoms with Crippen LogP contribution >= 0.6 is 11.6 Å². The lowest BCUT2D eigenvalue weighted by molar-refractivity contribution is -0.143. The van der Waals surface area contributed by atoms with Crippen molar-refractivity contribution < 1.29 is 37.4 Å². The van der Waals surface area contributed by atoms with E-state index >= 15 is 0 Å². The summed E-state index contributed by atoms with van der Waals surface area (Å²) in [6, 6.07) is 9.34. The number of hydrogen-bond donors (Lipinski definition) is 3. The number of halogens is 4. The predicted molar refractivity (Wildman–Crippen MR) is 122 cm³/mol. The second-order valence-corrected chi connectivity index (χ2v) is 8.57. The summed E-state index contributed by atoms with van der Waals surface area (Å²) in [6.45, 7) is 0.0735. The molecule has 0 spiro atoms. The van der Waals surface area contributed by atoms with Crippen LogP contribution in [0.25, 0.3) is 0 Å². The lowest BCUT2D eigenvalue weighted by Gasteiger charge is -2.26. The molecule has 0 saturated heterocycles. The molecular formula is C24H24ClF3N2O5. The summed E-state index contributed by atoms with van der Waals surface area (Å²) in [6.07, 6.45) is -2.31. The van der Waals surface area contributed by atoms with Gasteiger partial charge in [-0.1, -0.05) is 11.6 Å². The quantitative estimate of drug-likeness (QED) is 0.450. The van der Waals surface area contributed by atoms with Crippen molar-refractivity contribution in [2.24, 2.45) is 5.92 Å². The van der Waals surface area contributed by atoms with E-state index in [1.165, 1.54) is 6.07 Å². The zero-order valence-electron chi connectivity index (χ0n) is 18.5. The number of hydrogen-bond acceptors (Lipinski definition) is 4. The Balaban J connectivity index is 1.42. The fourth-order valence-electron chi connectivity index (χ4n) is 3.74. The Bertz CT molecular complexity index is 1070. The van der Waals surface area contributed by atoms with Gasteiger partial charge in [-0.15, -0.1) is 0 Å². The number of alkyl halides is 3. The highest BCUT2D eigenvalue weighted by molar-refractivity contribution is 6.31. The molecule has 0 unspecified atom stereocenters. The summed E-state index contributed by atoms with van der Waals surface area (Å²) in [7, 11) is 0. The number of carboxylic acid groups (broad SMARTS) is 1. The summed E-state index contributed by atoms with van der Waals surface area (Å²) in [5.41, 5.74) is -0.925. The van der Waals surface area contributed by atoms with Gasteiger partial charge >= 0.3 is 12.1 Å². The minimum Gasteiger partial charge on any atom is -0.490 e. The molecule has 35 heavy (non-hydrogen) atoms. The van der Waals surface area contributed by atoms with Gasteiger partial charge in [0, 0.05) is 24.2 Å².